The molecule has 0 amide bonds. The average Bonchev–Trinajstić information content (AvgIpc) is 0.779. The molecule has 0 spiro atoms. The minimum atomic E-state index is -0.398. The van der Waals surface area contributed by atoms with E-state index in [9.17, 15) is 43.2 Å². The van der Waals surface area contributed by atoms with E-state index in [0.29, 0.717) is 89.0 Å². The van der Waals surface area contributed by atoms with Gasteiger partial charge in [0.1, 0.15) is 58.4 Å². The van der Waals surface area contributed by atoms with Gasteiger partial charge in [-0.2, -0.15) is 0 Å². The molecule has 0 saturated carbocycles. The summed E-state index contributed by atoms with van der Waals surface area (Å²) in [5.74, 6) is -1.70. The van der Waals surface area contributed by atoms with E-state index in [1.54, 1.807) is 32.9 Å². The number of phenols is 9. The average molecular weight is 1670 g/mol. The Labute approximate surface area is 742 Å². The quantitative estimate of drug-likeness (QED) is 0.0132. The van der Waals surface area contributed by atoms with Crippen molar-refractivity contribution in [2.75, 3.05) is 47.3 Å². The molecule has 9 N–H and O–H groups in total. The van der Waals surface area contributed by atoms with E-state index in [0.717, 1.165) is 31.2 Å². The van der Waals surface area contributed by atoms with Crippen molar-refractivity contribution < 1.29 is 132 Å². The fraction of sp³-hybridized carbons (Fsp3) is 0.242. The summed E-state index contributed by atoms with van der Waals surface area (Å²) in [6, 6.07) is 63.1. The van der Waals surface area contributed by atoms with Crippen molar-refractivity contribution in [1.29, 1.82) is 0 Å². The summed E-state index contributed by atoms with van der Waals surface area (Å²) in [4.78, 5) is 101. The molecule has 0 unspecified atom stereocenters. The molecule has 10 rings (SSSR count). The van der Waals surface area contributed by atoms with Crippen LogP contribution in [-0.2, 0) is 49.2 Å². The van der Waals surface area contributed by atoms with E-state index in [4.69, 9.17) is 79.1 Å². The molecule has 0 bridgehead atoms. The van der Waals surface area contributed by atoms with Gasteiger partial charge in [-0.25, -0.2) is 43.2 Å². The Morgan fingerprint density at radius 2 is 0.492 bits per heavy atom. The molecule has 10 aromatic rings. The van der Waals surface area contributed by atoms with Crippen LogP contribution in [-0.4, -0.2) is 212 Å². The number of carbonyl (C=O) groups excluding carboxylic acids is 9. The maximum absolute atomic E-state index is 11.6. The Bertz CT molecular complexity index is 4430. The van der Waals surface area contributed by atoms with Crippen molar-refractivity contribution in [3.05, 3.63) is 304 Å². The molecule has 0 aliphatic rings. The predicted octanol–water partition coefficient (Wildman–Crippen LogP) is 16.3. The predicted molar refractivity (Wildman–Crippen MR) is 451 cm³/mol. The number of hydrogen-bond donors (Lipinski definition) is 9. The summed E-state index contributed by atoms with van der Waals surface area (Å²) >= 11 is 0. The third-order valence-electron chi connectivity index (χ3n) is 14.3. The number of rotatable bonds is 22. The summed E-state index contributed by atoms with van der Waals surface area (Å²) < 4.78 is 43.5. The topological polar surface area (TPSA) is 419 Å². The largest absolute Gasteiger partial charge is 0.508 e. The molecule has 2 radical (unpaired) electrons. The van der Waals surface area contributed by atoms with Crippen LogP contribution in [0.5, 0.6) is 51.7 Å². The molecule has 0 aliphatic heterocycles. The molecular weight excluding hydrogens is 1570 g/mol. The SMILES string of the molecule is CC(C)COC(=O)c1ccc(O)cc1.CC(C)OC(=O)c1ccc(O)cc1.CCCCOC(=O)c1ccc(O)cc1.CCCOC(=O)c1ccc(O)cc1.CCCOC(=O)c1ccc(O)cc1.CCOC(=O)c1ccc(O)cc1.COC(=O)c1ccc(O)cc1.COC(=O)c1ccc(O)cc1.O=C(OCc1ccccc1)c1ccc(O)cc1.[Na].[Na]. The monoisotopic (exact) mass is 1670 g/mol. The Morgan fingerprint density at radius 3 is 0.717 bits per heavy atom. The summed E-state index contributed by atoms with van der Waals surface area (Å²) in [5.41, 5.74) is 5.01. The number of benzene rings is 10. The van der Waals surface area contributed by atoms with Gasteiger partial charge in [0.2, 0.25) is 0 Å². The number of hydrogen-bond acceptors (Lipinski definition) is 27. The molecule has 0 atom stereocenters. The number of ether oxygens (including phenoxy) is 9. The molecular formula is C91H102Na2O27. The van der Waals surface area contributed by atoms with Gasteiger partial charge in [-0.3, -0.25) is 0 Å². The fourth-order valence-electron chi connectivity index (χ4n) is 8.19. The third-order valence-corrected chi connectivity index (χ3v) is 14.3. The first-order valence-electron chi connectivity index (χ1n) is 36.9. The van der Waals surface area contributed by atoms with Gasteiger partial charge < -0.3 is 88.6 Å². The first kappa shape index (κ1) is 108. The molecule has 0 fully saturated rings. The van der Waals surface area contributed by atoms with Crippen LogP contribution in [0.3, 0.4) is 0 Å². The molecule has 10 aromatic carbocycles. The van der Waals surface area contributed by atoms with Crippen LogP contribution in [0.2, 0.25) is 0 Å². The second-order valence-electron chi connectivity index (χ2n) is 24.9. The fourth-order valence-corrected chi connectivity index (χ4v) is 8.19. The Hall–Kier alpha value is -12.4. The van der Waals surface area contributed by atoms with E-state index >= 15 is 0 Å². The van der Waals surface area contributed by atoms with E-state index in [-0.39, 0.29) is 159 Å². The zero-order valence-electron chi connectivity index (χ0n) is 69.3. The second kappa shape index (κ2) is 62.8. The summed E-state index contributed by atoms with van der Waals surface area (Å²) in [5, 5.41) is 80.6. The van der Waals surface area contributed by atoms with E-state index in [2.05, 4.69) is 9.47 Å². The molecule has 0 aromatic heterocycles. The van der Waals surface area contributed by atoms with E-state index < -0.39 is 17.9 Å². The van der Waals surface area contributed by atoms with Crippen molar-refractivity contribution in [1.82, 2.24) is 0 Å². The molecule has 0 aliphatic carbocycles. The van der Waals surface area contributed by atoms with Gasteiger partial charge in [0.15, 0.2) is 0 Å². The Kier molecular flexibility index (Phi) is 56.3. The number of esters is 9. The molecule has 27 nitrogen and oxygen atoms in total. The smallest absolute Gasteiger partial charge is 0.338 e. The summed E-state index contributed by atoms with van der Waals surface area (Å²) in [6.45, 7) is 17.5. The van der Waals surface area contributed by atoms with Crippen LogP contribution in [0, 0.1) is 5.92 Å². The number of aromatic hydroxyl groups is 9. The first-order valence-corrected chi connectivity index (χ1v) is 36.9. The van der Waals surface area contributed by atoms with Gasteiger partial charge >= 0.3 is 53.7 Å². The third kappa shape index (κ3) is 47.7. The zero-order valence-corrected chi connectivity index (χ0v) is 73.3. The second-order valence-corrected chi connectivity index (χ2v) is 24.9. The van der Waals surface area contributed by atoms with Gasteiger partial charge in [0.05, 0.1) is 103 Å². The number of methoxy groups -OCH3 is 2. The summed E-state index contributed by atoms with van der Waals surface area (Å²) in [6.07, 6.45) is 3.38. The maximum atomic E-state index is 11.6. The molecule has 29 heteroatoms. The minimum absolute atomic E-state index is 0. The Balaban J connectivity index is 0.00000133. The van der Waals surface area contributed by atoms with Crippen molar-refractivity contribution in [3.63, 3.8) is 0 Å². The van der Waals surface area contributed by atoms with Crippen LogP contribution >= 0.6 is 0 Å². The molecule has 120 heavy (non-hydrogen) atoms. The van der Waals surface area contributed by atoms with Gasteiger partial charge in [0.25, 0.3) is 0 Å². The van der Waals surface area contributed by atoms with Crippen LogP contribution in [0.4, 0.5) is 0 Å². The van der Waals surface area contributed by atoms with Crippen molar-refractivity contribution in [3.8, 4) is 51.7 Å². The molecule has 630 valence electrons. The van der Waals surface area contributed by atoms with Crippen molar-refractivity contribution >= 4 is 113 Å². The van der Waals surface area contributed by atoms with Gasteiger partial charge in [0, 0.05) is 59.1 Å². The van der Waals surface area contributed by atoms with E-state index in [1.807, 2.05) is 65.0 Å². The standard InChI is InChI=1S/C14H12O3.2C11H14O3.3C10H12O3.C9H10O3.2C8H8O3.2Na/c15-13-8-6-12(7-9-13)14(16)17-10-11-4-2-1-3-5-11;1-8(2)7-14-11(13)9-3-5-10(12)6-4-9;1-2-3-8-14-11(13)9-4-6-10(12)7-5-9;1-7(2)13-10(12)8-3-5-9(11)6-4-8;2*1-2-7-13-10(12)8-3-5-9(11)6-4-8;1-2-12-9(11)7-3-5-8(10)6-4-7;2*1-11-8(10)6-2-4-7(9)5-3-6;;/h1-9,15H,10H2;3-6,8,12H,7H2,1-2H3;4-7,12H,2-3,8H2,1H3;3-7,11H,1-2H3;2*3-6,11H,2,7H2,1H3;3-6,10H,2H2,1H3;2*2-5,9H,1H3;;. The Morgan fingerprint density at radius 1 is 0.267 bits per heavy atom. The van der Waals surface area contributed by atoms with E-state index in [1.165, 1.54) is 220 Å². The van der Waals surface area contributed by atoms with Crippen LogP contribution in [0.1, 0.15) is 180 Å². The number of carbonyl (C=O) groups is 9. The van der Waals surface area contributed by atoms with Crippen molar-refractivity contribution in [2.45, 2.75) is 93.8 Å². The molecule has 0 heterocycles. The zero-order chi connectivity index (χ0) is 87.7. The number of unbranched alkanes of at least 4 members (excludes halogenated alkanes) is 1. The van der Waals surface area contributed by atoms with Crippen LogP contribution in [0.25, 0.3) is 0 Å². The maximum Gasteiger partial charge on any atom is 0.338 e. The number of phenolic OH excluding ortho intramolecular Hbond substituents is 9. The first-order chi connectivity index (χ1) is 56.4. The minimum Gasteiger partial charge on any atom is -0.508 e. The normalized spacial score (nSPS) is 9.53. The van der Waals surface area contributed by atoms with Gasteiger partial charge in [-0.15, -0.1) is 0 Å². The van der Waals surface area contributed by atoms with Crippen LogP contribution < -0.4 is 0 Å². The molecule has 0 saturated heterocycles. The van der Waals surface area contributed by atoms with Crippen LogP contribution in [0.15, 0.2) is 249 Å². The van der Waals surface area contributed by atoms with Gasteiger partial charge in [-0.05, 0) is 270 Å². The van der Waals surface area contributed by atoms with Crippen molar-refractivity contribution in [2.24, 2.45) is 5.92 Å². The summed E-state index contributed by atoms with van der Waals surface area (Å²) in [7, 11) is 2.63. The van der Waals surface area contributed by atoms with Gasteiger partial charge in [-0.1, -0.05) is 71.4 Å².